The average molecular weight is 623 g/mol. The fourth-order valence-corrected chi connectivity index (χ4v) is 6.25. The van der Waals surface area contributed by atoms with Gasteiger partial charge in [-0.15, -0.1) is 0 Å². The number of anilines is 2. The minimum atomic E-state index is -0.671. The van der Waals surface area contributed by atoms with Crippen LogP contribution in [0, 0.1) is 11.6 Å². The van der Waals surface area contributed by atoms with Crippen LogP contribution in [-0.4, -0.2) is 83.6 Å². The molecule has 0 saturated carbocycles. The van der Waals surface area contributed by atoms with Gasteiger partial charge in [0.1, 0.15) is 17.2 Å². The number of rotatable bonds is 6. The summed E-state index contributed by atoms with van der Waals surface area (Å²) in [6.45, 7) is 3.43. The van der Waals surface area contributed by atoms with Gasteiger partial charge in [0.2, 0.25) is 5.91 Å². The summed E-state index contributed by atoms with van der Waals surface area (Å²) in [6, 6.07) is 6.00. The molecule has 14 heteroatoms. The van der Waals surface area contributed by atoms with Crippen molar-refractivity contribution in [3.63, 3.8) is 0 Å². The second-order valence-electron chi connectivity index (χ2n) is 10.8. The van der Waals surface area contributed by atoms with E-state index >= 15 is 4.39 Å². The number of amides is 1. The normalized spacial score (nSPS) is 15.3. The summed E-state index contributed by atoms with van der Waals surface area (Å²) in [6.07, 6.45) is 5.79. The van der Waals surface area contributed by atoms with Gasteiger partial charge >= 0.3 is 6.01 Å². The van der Waals surface area contributed by atoms with Gasteiger partial charge in [-0.1, -0.05) is 11.3 Å². The van der Waals surface area contributed by atoms with Crippen molar-refractivity contribution in [3.8, 4) is 28.3 Å². The topological polar surface area (TPSA) is 149 Å². The third-order valence-electron chi connectivity index (χ3n) is 7.79. The van der Waals surface area contributed by atoms with E-state index in [0.717, 1.165) is 11.3 Å². The molecule has 5 N–H and O–H groups in total. The molecule has 2 aromatic carbocycles. The lowest BCUT2D eigenvalue weighted by Crippen LogP contribution is -2.58. The molecule has 2 aliphatic rings. The Morgan fingerprint density at radius 2 is 1.91 bits per heavy atom. The molecule has 7 rings (SSSR count). The summed E-state index contributed by atoms with van der Waals surface area (Å²) >= 11 is 0.988. The second kappa shape index (κ2) is 12.3. The largest absolute Gasteiger partial charge is 0.472 e. The van der Waals surface area contributed by atoms with Gasteiger partial charge in [-0.3, -0.25) is 4.79 Å². The van der Waals surface area contributed by atoms with Crippen LogP contribution in [0.25, 0.3) is 43.4 Å². The van der Waals surface area contributed by atoms with E-state index < -0.39 is 11.6 Å². The fourth-order valence-electron chi connectivity index (χ4n) is 5.48. The number of nitrogens with one attached hydrogen (secondary N) is 1. The third kappa shape index (κ3) is 5.63. The number of nitrogen functional groups attached to an aromatic ring is 1. The molecule has 5 aromatic rings. The van der Waals surface area contributed by atoms with Crippen molar-refractivity contribution in [2.24, 2.45) is 5.73 Å². The average Bonchev–Trinajstić information content (AvgIpc) is 3.78. The molecular weight excluding hydrogens is 590 g/mol. The van der Waals surface area contributed by atoms with Crippen LogP contribution in [0.1, 0.15) is 12.8 Å². The van der Waals surface area contributed by atoms with Crippen molar-refractivity contribution in [2.45, 2.75) is 18.9 Å². The smallest absolute Gasteiger partial charge is 0.318 e. The number of likely N-dealkylation sites (tertiary alicyclic amines) is 2. The molecular formula is C30H32F2N8O3S. The number of nitrogens with two attached hydrogens (primary N) is 2. The molecule has 0 bridgehead atoms. The maximum Gasteiger partial charge on any atom is 0.318 e. The molecule has 2 fully saturated rings. The van der Waals surface area contributed by atoms with Crippen molar-refractivity contribution in [1.29, 1.82) is 0 Å². The number of nitrogens with zero attached hydrogens (tertiary/aromatic N) is 5. The Hall–Kier alpha value is -4.40. The van der Waals surface area contributed by atoms with E-state index in [1.54, 1.807) is 17.0 Å². The molecule has 5 heterocycles. The van der Waals surface area contributed by atoms with Crippen LogP contribution in [0.4, 0.5) is 19.7 Å². The Morgan fingerprint density at radius 1 is 1.14 bits per heavy atom. The zero-order valence-electron chi connectivity index (χ0n) is 24.3. The Labute approximate surface area is 255 Å². The number of carbonyl (C=O) groups excluding carboxylic acids is 1. The number of hydrogen-bond acceptors (Lipinski definition) is 11. The molecule has 1 amide bonds. The number of methoxy groups -OCH3 is 1. The highest BCUT2D eigenvalue weighted by molar-refractivity contribution is 7.22. The van der Waals surface area contributed by atoms with Gasteiger partial charge in [0.05, 0.1) is 42.4 Å². The van der Waals surface area contributed by atoms with Crippen molar-refractivity contribution in [2.75, 3.05) is 57.9 Å². The van der Waals surface area contributed by atoms with Crippen LogP contribution < -0.4 is 21.5 Å². The van der Waals surface area contributed by atoms with E-state index in [0.29, 0.717) is 41.0 Å². The summed E-state index contributed by atoms with van der Waals surface area (Å²) in [4.78, 5) is 28.8. The van der Waals surface area contributed by atoms with Gasteiger partial charge < -0.3 is 35.7 Å². The fraction of sp³-hybridized carbons (Fsp3) is 0.333. The monoisotopic (exact) mass is 622 g/mol. The quantitative estimate of drug-likeness (QED) is 0.250. The van der Waals surface area contributed by atoms with Crippen LogP contribution in [0.3, 0.4) is 0 Å². The first-order valence-corrected chi connectivity index (χ1v) is 15.0. The van der Waals surface area contributed by atoms with Gasteiger partial charge in [0.15, 0.2) is 10.9 Å². The number of carbonyl (C=O) groups is 1. The van der Waals surface area contributed by atoms with E-state index in [2.05, 4.69) is 32.2 Å². The highest BCUT2D eigenvalue weighted by Gasteiger charge is 2.31. The van der Waals surface area contributed by atoms with E-state index in [9.17, 15) is 9.18 Å². The zero-order chi connectivity index (χ0) is 31.0. The van der Waals surface area contributed by atoms with Crippen molar-refractivity contribution in [3.05, 3.63) is 48.4 Å². The highest BCUT2D eigenvalue weighted by Crippen LogP contribution is 2.44. The van der Waals surface area contributed by atoms with Gasteiger partial charge in [-0.05, 0) is 62.8 Å². The number of fused-ring (bicyclic) bond motifs is 2. The first-order chi connectivity index (χ1) is 21.3. The zero-order valence-corrected chi connectivity index (χ0v) is 25.1. The molecule has 3 aromatic heterocycles. The molecule has 44 heavy (non-hydrogen) atoms. The number of ether oxygens (including phenoxy) is 1. The predicted octanol–water partition coefficient (Wildman–Crippen LogP) is 4.33. The number of furan rings is 1. The standard InChI is InChI=1S/C25H21F2N7O3S.C5H11N/c1-36-25-32-20-15(23(33-25)30-12-8-34(9-12)17(35)7-28)6-14(11-4-5-37-10-11)18(19(20)27)13-2-3-16(26)22-21(13)31-24(29)38-22;1-6-4-2-3-5-6/h2-6,10,12H,7-9,28H2,1H3,(H2,29,31)(H,30,32,33);2-5H2,1H3. The van der Waals surface area contributed by atoms with Gasteiger partial charge in [-0.2, -0.15) is 9.97 Å². The van der Waals surface area contributed by atoms with Crippen LogP contribution in [0.15, 0.2) is 41.2 Å². The lowest BCUT2D eigenvalue weighted by Gasteiger charge is -2.39. The van der Waals surface area contributed by atoms with Crippen LogP contribution >= 0.6 is 11.3 Å². The SMILES string of the molecule is CN1CCCC1.COc1nc(NC2CN(C(=O)CN)C2)c2cc(-c3ccoc3)c(-c3ccc(F)c4sc(N)nc34)c(F)c2n1. The molecule has 230 valence electrons. The Morgan fingerprint density at radius 3 is 2.55 bits per heavy atom. The summed E-state index contributed by atoms with van der Waals surface area (Å²) in [5.41, 5.74) is 13.1. The van der Waals surface area contributed by atoms with Crippen molar-refractivity contribution in [1.82, 2.24) is 24.8 Å². The molecule has 0 spiro atoms. The number of halogens is 2. The molecule has 11 nitrogen and oxygen atoms in total. The predicted molar refractivity (Wildman–Crippen MR) is 167 cm³/mol. The number of aromatic nitrogens is 3. The van der Waals surface area contributed by atoms with E-state index in [-0.39, 0.29) is 50.9 Å². The highest BCUT2D eigenvalue weighted by atomic mass is 32.1. The Kier molecular flexibility index (Phi) is 8.29. The maximum absolute atomic E-state index is 16.6. The first-order valence-electron chi connectivity index (χ1n) is 14.2. The lowest BCUT2D eigenvalue weighted by molar-refractivity contribution is -0.133. The summed E-state index contributed by atoms with van der Waals surface area (Å²) in [5, 5.41) is 3.83. The molecule has 0 radical (unpaired) electrons. The Balaban J connectivity index is 0.000000513. The molecule has 0 unspecified atom stereocenters. The number of hydrogen-bond donors (Lipinski definition) is 3. The molecule has 0 aliphatic carbocycles. The molecule has 0 atom stereocenters. The van der Waals surface area contributed by atoms with E-state index in [1.165, 1.54) is 57.7 Å². The van der Waals surface area contributed by atoms with Gasteiger partial charge in [0.25, 0.3) is 0 Å². The Bertz CT molecular complexity index is 1820. The molecule has 2 aliphatic heterocycles. The van der Waals surface area contributed by atoms with Crippen molar-refractivity contribution < 1.29 is 22.7 Å². The van der Waals surface area contributed by atoms with Crippen LogP contribution in [0.2, 0.25) is 0 Å². The summed E-state index contributed by atoms with van der Waals surface area (Å²) in [5.74, 6) is -0.980. The maximum atomic E-state index is 16.6. The van der Waals surface area contributed by atoms with Gasteiger partial charge in [0, 0.05) is 35.2 Å². The van der Waals surface area contributed by atoms with Crippen LogP contribution in [0.5, 0.6) is 6.01 Å². The number of benzene rings is 2. The summed E-state index contributed by atoms with van der Waals surface area (Å²) < 4.78 is 41.9. The lowest BCUT2D eigenvalue weighted by atomic mass is 9.92. The minimum Gasteiger partial charge on any atom is -0.472 e. The number of thiazole rings is 1. The second-order valence-corrected chi connectivity index (χ2v) is 11.8. The van der Waals surface area contributed by atoms with Gasteiger partial charge in [-0.25, -0.2) is 13.8 Å². The molecule has 2 saturated heterocycles. The van der Waals surface area contributed by atoms with Crippen molar-refractivity contribution >= 4 is 49.3 Å². The third-order valence-corrected chi connectivity index (χ3v) is 8.68. The van der Waals surface area contributed by atoms with Crippen LogP contribution in [-0.2, 0) is 4.79 Å². The minimum absolute atomic E-state index is 0.00325. The van der Waals surface area contributed by atoms with E-state index in [4.69, 9.17) is 20.6 Å². The first kappa shape index (κ1) is 29.7. The van der Waals surface area contributed by atoms with E-state index in [1.807, 2.05) is 0 Å². The summed E-state index contributed by atoms with van der Waals surface area (Å²) in [7, 11) is 3.56.